The highest BCUT2D eigenvalue weighted by atomic mass is 32.2. The summed E-state index contributed by atoms with van der Waals surface area (Å²) in [4.78, 5) is 6.48. The van der Waals surface area contributed by atoms with Crippen molar-refractivity contribution in [3.63, 3.8) is 0 Å². The topological polar surface area (TPSA) is 71.3 Å². The predicted molar refractivity (Wildman–Crippen MR) is 83.1 cm³/mol. The van der Waals surface area contributed by atoms with Gasteiger partial charge in [-0.25, -0.2) is 18.1 Å². The van der Waals surface area contributed by atoms with Crippen molar-refractivity contribution >= 4 is 15.7 Å². The van der Waals surface area contributed by atoms with Crippen molar-refractivity contribution < 1.29 is 8.42 Å². The van der Waals surface area contributed by atoms with E-state index in [1.165, 1.54) is 4.31 Å². The Morgan fingerprint density at radius 3 is 2.73 bits per heavy atom. The molecule has 1 aromatic heterocycles. The first-order chi connectivity index (χ1) is 10.4. The minimum atomic E-state index is -3.53. The molecule has 0 aliphatic carbocycles. The maximum absolute atomic E-state index is 12.8. The summed E-state index contributed by atoms with van der Waals surface area (Å²) >= 11 is 0. The quantitative estimate of drug-likeness (QED) is 0.838. The van der Waals surface area contributed by atoms with E-state index in [0.29, 0.717) is 29.6 Å². The fourth-order valence-electron chi connectivity index (χ4n) is 2.51. The lowest BCUT2D eigenvalue weighted by Gasteiger charge is -2.26. The van der Waals surface area contributed by atoms with Crippen LogP contribution in [0.3, 0.4) is 0 Å². The van der Waals surface area contributed by atoms with Crippen molar-refractivity contribution in [3.05, 3.63) is 35.9 Å². The molecule has 0 bridgehead atoms. The maximum Gasteiger partial charge on any atom is 0.243 e. The second-order valence-corrected chi connectivity index (χ2v) is 7.47. The summed E-state index contributed by atoms with van der Waals surface area (Å²) in [5.74, 6) is 1.36. The molecule has 0 unspecified atom stereocenters. The highest BCUT2D eigenvalue weighted by Crippen LogP contribution is 2.23. The van der Waals surface area contributed by atoms with Crippen LogP contribution in [0.1, 0.15) is 11.6 Å². The van der Waals surface area contributed by atoms with E-state index in [0.717, 1.165) is 5.69 Å². The lowest BCUT2D eigenvalue weighted by molar-refractivity contribution is 0.321. The Morgan fingerprint density at radius 2 is 2.00 bits per heavy atom. The van der Waals surface area contributed by atoms with Crippen LogP contribution in [0, 0.1) is 6.92 Å². The van der Waals surface area contributed by atoms with Gasteiger partial charge in [-0.15, -0.1) is 0 Å². The number of nitrogens with zero attached hydrogens (tertiary/aromatic N) is 5. The van der Waals surface area contributed by atoms with Gasteiger partial charge in [-0.05, 0) is 25.1 Å². The Hall–Kier alpha value is -1.93. The van der Waals surface area contributed by atoms with E-state index in [2.05, 4.69) is 10.1 Å². The summed E-state index contributed by atoms with van der Waals surface area (Å²) in [6.45, 7) is 3.01. The maximum atomic E-state index is 12.8. The van der Waals surface area contributed by atoms with Gasteiger partial charge in [-0.3, -0.25) is 0 Å². The normalized spacial score (nSPS) is 15.6. The van der Waals surface area contributed by atoms with Crippen molar-refractivity contribution in [2.75, 3.05) is 25.5 Å². The number of sulfonamides is 1. The number of aromatic nitrogens is 3. The smallest absolute Gasteiger partial charge is 0.243 e. The van der Waals surface area contributed by atoms with Crippen LogP contribution in [0.15, 0.2) is 29.2 Å². The van der Waals surface area contributed by atoms with E-state index in [1.54, 1.807) is 22.9 Å². The van der Waals surface area contributed by atoms with Gasteiger partial charge in [0.25, 0.3) is 0 Å². The molecule has 1 aliphatic rings. The Bertz CT molecular complexity index is 797. The van der Waals surface area contributed by atoms with Crippen LogP contribution in [0.2, 0.25) is 0 Å². The van der Waals surface area contributed by atoms with E-state index >= 15 is 0 Å². The van der Waals surface area contributed by atoms with Crippen molar-refractivity contribution in [2.45, 2.75) is 24.9 Å². The molecular formula is C14H19N5O2S. The summed E-state index contributed by atoms with van der Waals surface area (Å²) in [5.41, 5.74) is 0.858. The molecule has 22 heavy (non-hydrogen) atoms. The largest absolute Gasteiger partial charge is 0.378 e. The van der Waals surface area contributed by atoms with Crippen LogP contribution in [0.4, 0.5) is 5.69 Å². The van der Waals surface area contributed by atoms with Crippen molar-refractivity contribution in [1.29, 1.82) is 0 Å². The number of fused-ring (bicyclic) bond motifs is 1. The van der Waals surface area contributed by atoms with Gasteiger partial charge in [0.15, 0.2) is 0 Å². The van der Waals surface area contributed by atoms with Gasteiger partial charge in [-0.1, -0.05) is 6.07 Å². The summed E-state index contributed by atoms with van der Waals surface area (Å²) in [5, 5.41) is 4.26. The highest BCUT2D eigenvalue weighted by molar-refractivity contribution is 7.89. The van der Waals surface area contributed by atoms with Gasteiger partial charge in [0.1, 0.15) is 11.6 Å². The minimum absolute atomic E-state index is 0.259. The number of anilines is 1. The van der Waals surface area contributed by atoms with Crippen molar-refractivity contribution in [1.82, 2.24) is 19.1 Å². The summed E-state index contributed by atoms with van der Waals surface area (Å²) in [7, 11) is 0.248. The Morgan fingerprint density at radius 1 is 1.23 bits per heavy atom. The molecule has 7 nitrogen and oxygen atoms in total. The Kier molecular flexibility index (Phi) is 3.65. The number of hydrogen-bond donors (Lipinski definition) is 0. The average molecular weight is 321 g/mol. The zero-order valence-electron chi connectivity index (χ0n) is 12.9. The molecule has 0 N–H and O–H groups in total. The fourth-order valence-corrected chi connectivity index (χ4v) is 3.94. The molecule has 2 heterocycles. The zero-order valence-corrected chi connectivity index (χ0v) is 13.7. The number of aryl methyl sites for hydroxylation is 1. The van der Waals surface area contributed by atoms with Gasteiger partial charge < -0.3 is 4.90 Å². The van der Waals surface area contributed by atoms with Gasteiger partial charge in [0.2, 0.25) is 10.0 Å². The minimum Gasteiger partial charge on any atom is -0.378 e. The SMILES string of the molecule is Cc1nc2n(n1)CCN(S(=O)(=O)c1cccc(N(C)C)c1)C2. The third kappa shape index (κ3) is 2.59. The number of hydrogen-bond acceptors (Lipinski definition) is 5. The fraction of sp³-hybridized carbons (Fsp3) is 0.429. The molecule has 2 aromatic rings. The molecule has 8 heteroatoms. The summed E-state index contributed by atoms with van der Waals surface area (Å²) in [6.07, 6.45) is 0. The van der Waals surface area contributed by atoms with Crippen molar-refractivity contribution in [3.8, 4) is 0 Å². The van der Waals surface area contributed by atoms with Crippen molar-refractivity contribution in [2.24, 2.45) is 0 Å². The molecule has 1 aliphatic heterocycles. The van der Waals surface area contributed by atoms with Gasteiger partial charge >= 0.3 is 0 Å². The van der Waals surface area contributed by atoms with Crippen LogP contribution < -0.4 is 4.90 Å². The van der Waals surface area contributed by atoms with Crippen LogP contribution in [0.25, 0.3) is 0 Å². The second kappa shape index (κ2) is 5.36. The molecule has 0 spiro atoms. The molecule has 0 atom stereocenters. The lowest BCUT2D eigenvalue weighted by Crippen LogP contribution is -2.38. The molecule has 0 saturated carbocycles. The number of rotatable bonds is 3. The first kappa shape index (κ1) is 15.0. The van der Waals surface area contributed by atoms with Crippen LogP contribution in [-0.4, -0.2) is 48.1 Å². The first-order valence-corrected chi connectivity index (χ1v) is 8.50. The second-order valence-electron chi connectivity index (χ2n) is 5.53. The van der Waals surface area contributed by atoms with Crippen LogP contribution in [0.5, 0.6) is 0 Å². The molecular weight excluding hydrogens is 302 g/mol. The van der Waals surface area contributed by atoms with Gasteiger partial charge in [0, 0.05) is 26.3 Å². The van der Waals surface area contributed by atoms with Crippen LogP contribution in [-0.2, 0) is 23.1 Å². The molecule has 0 saturated heterocycles. The van der Waals surface area contributed by atoms with Crippen LogP contribution >= 0.6 is 0 Å². The third-order valence-electron chi connectivity index (χ3n) is 3.71. The molecule has 3 rings (SSSR count). The Balaban J connectivity index is 1.92. The van der Waals surface area contributed by atoms with Gasteiger partial charge in [-0.2, -0.15) is 9.40 Å². The van der Waals surface area contributed by atoms with E-state index in [9.17, 15) is 8.42 Å². The average Bonchev–Trinajstić information content (AvgIpc) is 2.86. The molecule has 1 aromatic carbocycles. The molecule has 0 amide bonds. The van der Waals surface area contributed by atoms with E-state index in [1.807, 2.05) is 32.0 Å². The summed E-state index contributed by atoms with van der Waals surface area (Å²) < 4.78 is 28.9. The lowest BCUT2D eigenvalue weighted by atomic mass is 10.3. The monoisotopic (exact) mass is 321 g/mol. The molecule has 118 valence electrons. The van der Waals surface area contributed by atoms with Gasteiger partial charge in [0.05, 0.1) is 18.0 Å². The highest BCUT2D eigenvalue weighted by Gasteiger charge is 2.30. The first-order valence-electron chi connectivity index (χ1n) is 7.06. The van der Waals surface area contributed by atoms with E-state index in [-0.39, 0.29) is 6.54 Å². The van der Waals surface area contributed by atoms with E-state index in [4.69, 9.17) is 0 Å². The standard InChI is InChI=1S/C14H19N5O2S/c1-11-15-14-10-18(7-8-19(14)16-11)22(20,21)13-6-4-5-12(9-13)17(2)3/h4-6,9H,7-8,10H2,1-3H3. The van der Waals surface area contributed by atoms with E-state index < -0.39 is 10.0 Å². The predicted octanol–water partition coefficient (Wildman–Crippen LogP) is 0.857. The zero-order chi connectivity index (χ0) is 15.9. The third-order valence-corrected chi connectivity index (χ3v) is 5.55. The number of benzene rings is 1. The summed E-state index contributed by atoms with van der Waals surface area (Å²) in [6, 6.07) is 6.97. The molecule has 0 fully saturated rings. The molecule has 0 radical (unpaired) electrons. The Labute approximate surface area is 130 Å².